The Balaban J connectivity index is 1.85. The fourth-order valence-corrected chi connectivity index (χ4v) is 3.83. The van der Waals surface area contributed by atoms with Crippen LogP contribution in [-0.2, 0) is 15.1 Å². The van der Waals surface area contributed by atoms with Gasteiger partial charge in [0.05, 0.1) is 12.0 Å². The van der Waals surface area contributed by atoms with E-state index in [1.165, 1.54) is 9.60 Å². The second-order valence-electron chi connectivity index (χ2n) is 6.44. The highest BCUT2D eigenvalue weighted by Gasteiger charge is 2.37. The molecule has 3 rings (SSSR count). The number of rotatable bonds is 5. The Morgan fingerprint density at radius 3 is 2.92 bits per heavy atom. The van der Waals surface area contributed by atoms with E-state index >= 15 is 0 Å². The Morgan fingerprint density at radius 1 is 1.42 bits per heavy atom. The van der Waals surface area contributed by atoms with Crippen molar-refractivity contribution in [1.82, 2.24) is 4.90 Å². The lowest BCUT2D eigenvalue weighted by Gasteiger charge is -2.35. The molecule has 1 atom stereocenters. The van der Waals surface area contributed by atoms with E-state index < -0.39 is 5.54 Å². The quantitative estimate of drug-likeness (QED) is 0.906. The number of fused-ring (bicyclic) bond motifs is 1. The summed E-state index contributed by atoms with van der Waals surface area (Å²) in [6.45, 7) is 3.93. The summed E-state index contributed by atoms with van der Waals surface area (Å²) in [5.74, 6) is 0.311. The van der Waals surface area contributed by atoms with E-state index in [4.69, 9.17) is 5.73 Å². The number of benzene rings is 1. The lowest BCUT2D eigenvalue weighted by molar-refractivity contribution is -0.130. The molecule has 0 aliphatic carbocycles. The van der Waals surface area contributed by atoms with Gasteiger partial charge in [-0.2, -0.15) is 0 Å². The van der Waals surface area contributed by atoms with Crippen molar-refractivity contribution in [3.05, 3.63) is 35.2 Å². The van der Waals surface area contributed by atoms with Crippen LogP contribution < -0.4 is 5.73 Å². The van der Waals surface area contributed by atoms with Crippen LogP contribution in [0, 0.1) is 0 Å². The van der Waals surface area contributed by atoms with Crippen LogP contribution in [0.25, 0.3) is 10.1 Å². The van der Waals surface area contributed by atoms with E-state index in [-0.39, 0.29) is 24.1 Å². The van der Waals surface area contributed by atoms with Crippen LogP contribution in [0.1, 0.15) is 38.7 Å². The van der Waals surface area contributed by atoms with Crippen molar-refractivity contribution in [1.29, 1.82) is 0 Å². The van der Waals surface area contributed by atoms with E-state index in [9.17, 15) is 9.59 Å². The van der Waals surface area contributed by atoms with Gasteiger partial charge in [-0.1, -0.05) is 6.07 Å². The van der Waals surface area contributed by atoms with Gasteiger partial charge in [0, 0.05) is 17.7 Å². The molecule has 1 amide bonds. The maximum atomic E-state index is 12.6. The fraction of sp³-hybridized carbons (Fsp3) is 0.389. The SMILES string of the molecule is CC(=O)CCCN1C(=O)C[C@@](C)(c2ccc3sccc3c2)N=C1N. The molecule has 1 aromatic carbocycles. The molecule has 1 aromatic heterocycles. The molecule has 2 aromatic rings. The number of carbonyl (C=O) groups excluding carboxylic acids is 2. The zero-order valence-corrected chi connectivity index (χ0v) is 14.7. The minimum Gasteiger partial charge on any atom is -0.369 e. The number of thiophene rings is 1. The van der Waals surface area contributed by atoms with Crippen LogP contribution in [0.3, 0.4) is 0 Å². The number of hydrogen-bond acceptors (Lipinski definition) is 5. The molecule has 6 heteroatoms. The first-order chi connectivity index (χ1) is 11.4. The Hall–Kier alpha value is -2.21. The molecule has 0 unspecified atom stereocenters. The highest BCUT2D eigenvalue weighted by Crippen LogP contribution is 2.35. The summed E-state index contributed by atoms with van der Waals surface area (Å²) in [5.41, 5.74) is 6.41. The third kappa shape index (κ3) is 3.19. The number of nitrogens with zero attached hydrogens (tertiary/aromatic N) is 2. The summed E-state index contributed by atoms with van der Waals surface area (Å²) in [4.78, 5) is 29.7. The van der Waals surface area contributed by atoms with Crippen LogP contribution in [0.5, 0.6) is 0 Å². The molecule has 24 heavy (non-hydrogen) atoms. The molecule has 0 saturated heterocycles. The van der Waals surface area contributed by atoms with Crippen molar-refractivity contribution in [2.75, 3.05) is 6.54 Å². The monoisotopic (exact) mass is 343 g/mol. The molecule has 0 bridgehead atoms. The number of hydrogen-bond donors (Lipinski definition) is 1. The Labute approximate surface area is 145 Å². The summed E-state index contributed by atoms with van der Waals surface area (Å²) in [6.07, 6.45) is 1.33. The molecule has 5 nitrogen and oxygen atoms in total. The third-order valence-electron chi connectivity index (χ3n) is 4.42. The number of ketones is 1. The predicted octanol–water partition coefficient (Wildman–Crippen LogP) is 3.03. The van der Waals surface area contributed by atoms with Crippen molar-refractivity contribution in [3.63, 3.8) is 0 Å². The summed E-state index contributed by atoms with van der Waals surface area (Å²) in [7, 11) is 0. The zero-order valence-electron chi connectivity index (χ0n) is 13.9. The largest absolute Gasteiger partial charge is 0.369 e. The Bertz CT molecular complexity index is 827. The molecule has 2 heterocycles. The van der Waals surface area contributed by atoms with E-state index in [1.54, 1.807) is 18.3 Å². The summed E-state index contributed by atoms with van der Waals surface area (Å²) < 4.78 is 1.22. The second-order valence-corrected chi connectivity index (χ2v) is 7.39. The predicted molar refractivity (Wildman–Crippen MR) is 97.0 cm³/mol. The molecule has 0 spiro atoms. The highest BCUT2D eigenvalue weighted by atomic mass is 32.1. The average molecular weight is 343 g/mol. The maximum Gasteiger partial charge on any atom is 0.232 e. The van der Waals surface area contributed by atoms with Gasteiger partial charge in [-0.3, -0.25) is 9.69 Å². The number of guanidine groups is 1. The summed E-state index contributed by atoms with van der Waals surface area (Å²) >= 11 is 1.69. The molecule has 2 N–H and O–H groups in total. The number of amides is 1. The van der Waals surface area contributed by atoms with Crippen LogP contribution >= 0.6 is 11.3 Å². The van der Waals surface area contributed by atoms with Gasteiger partial charge in [0.2, 0.25) is 5.91 Å². The van der Waals surface area contributed by atoms with Gasteiger partial charge in [-0.25, -0.2) is 4.99 Å². The molecule has 0 radical (unpaired) electrons. The molecule has 1 aliphatic rings. The third-order valence-corrected chi connectivity index (χ3v) is 5.32. The Morgan fingerprint density at radius 2 is 2.21 bits per heavy atom. The van der Waals surface area contributed by atoms with E-state index in [1.807, 2.05) is 13.0 Å². The molecule has 0 saturated carbocycles. The topological polar surface area (TPSA) is 75.8 Å². The molecular formula is C18H21N3O2S. The van der Waals surface area contributed by atoms with Crippen molar-refractivity contribution >= 4 is 39.1 Å². The van der Waals surface area contributed by atoms with Crippen molar-refractivity contribution < 1.29 is 9.59 Å². The summed E-state index contributed by atoms with van der Waals surface area (Å²) in [5, 5.41) is 3.21. The number of carbonyl (C=O) groups is 2. The van der Waals surface area contributed by atoms with Gasteiger partial charge in [0.15, 0.2) is 5.96 Å². The van der Waals surface area contributed by atoms with E-state index in [0.717, 1.165) is 10.9 Å². The zero-order chi connectivity index (χ0) is 17.3. The van der Waals surface area contributed by atoms with Gasteiger partial charge in [0.1, 0.15) is 5.78 Å². The van der Waals surface area contributed by atoms with Crippen LogP contribution in [0.15, 0.2) is 34.6 Å². The first-order valence-electron chi connectivity index (χ1n) is 8.02. The smallest absolute Gasteiger partial charge is 0.232 e. The molecule has 0 fully saturated rings. The highest BCUT2D eigenvalue weighted by molar-refractivity contribution is 7.17. The van der Waals surface area contributed by atoms with E-state index in [0.29, 0.717) is 19.4 Å². The van der Waals surface area contributed by atoms with Crippen LogP contribution in [0.4, 0.5) is 0 Å². The van der Waals surface area contributed by atoms with E-state index in [2.05, 4.69) is 28.6 Å². The molecule has 126 valence electrons. The van der Waals surface area contributed by atoms with Crippen LogP contribution in [0.2, 0.25) is 0 Å². The van der Waals surface area contributed by atoms with Gasteiger partial charge >= 0.3 is 0 Å². The van der Waals surface area contributed by atoms with Crippen molar-refractivity contribution in [2.45, 2.75) is 38.6 Å². The number of aliphatic imine (C=N–C) groups is 1. The normalized spacial score (nSPS) is 21.2. The molecular weight excluding hydrogens is 322 g/mol. The lowest BCUT2D eigenvalue weighted by Crippen LogP contribution is -2.50. The Kier molecular flexibility index (Phi) is 4.41. The standard InChI is InChI=1S/C18H21N3O2S/c1-12(22)4-3-8-21-16(23)11-18(2,20-17(21)19)14-5-6-15-13(10-14)7-9-24-15/h5-7,9-10H,3-4,8,11H2,1-2H3,(H2,19,20)/t18-/m0/s1. The molecule has 1 aliphatic heterocycles. The number of Topliss-reactive ketones (excluding diaryl/α,β-unsaturated/α-hetero) is 1. The van der Waals surface area contributed by atoms with Gasteiger partial charge in [-0.05, 0) is 54.8 Å². The van der Waals surface area contributed by atoms with Crippen molar-refractivity contribution in [2.24, 2.45) is 10.7 Å². The van der Waals surface area contributed by atoms with Crippen LogP contribution in [-0.4, -0.2) is 29.1 Å². The maximum absolute atomic E-state index is 12.6. The minimum atomic E-state index is -0.644. The van der Waals surface area contributed by atoms with Gasteiger partial charge in [0.25, 0.3) is 0 Å². The first-order valence-corrected chi connectivity index (χ1v) is 8.90. The number of nitrogens with two attached hydrogens (primary N) is 1. The fourth-order valence-electron chi connectivity index (χ4n) is 3.06. The van der Waals surface area contributed by atoms with Gasteiger partial charge in [-0.15, -0.1) is 11.3 Å². The van der Waals surface area contributed by atoms with Crippen molar-refractivity contribution in [3.8, 4) is 0 Å². The first kappa shape index (κ1) is 16.6. The van der Waals surface area contributed by atoms with Gasteiger partial charge < -0.3 is 10.5 Å². The lowest BCUT2D eigenvalue weighted by atomic mass is 9.87. The minimum absolute atomic E-state index is 0.0426. The summed E-state index contributed by atoms with van der Waals surface area (Å²) in [6, 6.07) is 8.24. The second kappa shape index (κ2) is 6.36. The average Bonchev–Trinajstić information content (AvgIpc) is 2.97.